The maximum Gasteiger partial charge on any atom is 0.0314 e. The van der Waals surface area contributed by atoms with Crippen LogP contribution in [0.5, 0.6) is 0 Å². The van der Waals surface area contributed by atoms with Gasteiger partial charge in [0.15, 0.2) is 0 Å². The highest BCUT2D eigenvalue weighted by molar-refractivity contribution is 5.40. The van der Waals surface area contributed by atoms with Gasteiger partial charge < -0.3 is 5.73 Å². The van der Waals surface area contributed by atoms with Gasteiger partial charge in [-0.05, 0) is 72.3 Å². The molecule has 0 radical (unpaired) electrons. The highest BCUT2D eigenvalue weighted by Crippen LogP contribution is 2.52. The van der Waals surface area contributed by atoms with Crippen molar-refractivity contribution >= 4 is 5.69 Å². The molecule has 0 amide bonds. The predicted octanol–water partition coefficient (Wildman–Crippen LogP) is 6.52. The molecule has 2 atom stereocenters. The van der Waals surface area contributed by atoms with Crippen molar-refractivity contribution in [3.63, 3.8) is 0 Å². The van der Waals surface area contributed by atoms with Crippen molar-refractivity contribution in [1.82, 2.24) is 0 Å². The molecule has 0 bridgehead atoms. The van der Waals surface area contributed by atoms with E-state index in [1.54, 1.807) is 11.1 Å². The zero-order valence-corrected chi connectivity index (χ0v) is 15.9. The fourth-order valence-electron chi connectivity index (χ4n) is 5.13. The summed E-state index contributed by atoms with van der Waals surface area (Å²) in [4.78, 5) is 0. The van der Waals surface area contributed by atoms with Crippen LogP contribution < -0.4 is 5.73 Å². The minimum absolute atomic E-state index is 0.397. The number of nitrogen functional groups attached to an aromatic ring is 1. The van der Waals surface area contributed by atoms with Crippen LogP contribution in [-0.2, 0) is 12.8 Å². The third kappa shape index (κ3) is 3.92. The first-order chi connectivity index (χ1) is 12.2. The molecule has 0 saturated heterocycles. The van der Waals surface area contributed by atoms with Crippen LogP contribution in [-0.4, -0.2) is 0 Å². The highest BCUT2D eigenvalue weighted by Gasteiger charge is 2.41. The van der Waals surface area contributed by atoms with Crippen molar-refractivity contribution in [3.05, 3.63) is 65.2 Å². The molecule has 1 fully saturated rings. The monoisotopic (exact) mass is 335 g/mol. The van der Waals surface area contributed by atoms with Crippen LogP contribution in [0.15, 0.2) is 48.5 Å². The van der Waals surface area contributed by atoms with Gasteiger partial charge in [0.25, 0.3) is 0 Å². The Morgan fingerprint density at radius 2 is 1.76 bits per heavy atom. The van der Waals surface area contributed by atoms with Gasteiger partial charge >= 0.3 is 0 Å². The molecular weight excluding hydrogens is 302 g/mol. The SMILES string of the molecule is CCCC1(Cc2ccc(N)cc2)CCCCC1c1ccccc1CC. The standard InChI is InChI=1S/C24H33N/c1-3-16-24(18-19-12-14-21(25)15-13-19)17-8-7-11-23(24)22-10-6-5-9-20(22)4-2/h5-6,9-10,12-15,23H,3-4,7-8,11,16-18,25H2,1-2H3. The first-order valence-corrected chi connectivity index (χ1v) is 10.1. The van der Waals surface area contributed by atoms with Crippen molar-refractivity contribution in [2.24, 2.45) is 5.41 Å². The lowest BCUT2D eigenvalue weighted by molar-refractivity contribution is 0.132. The van der Waals surface area contributed by atoms with Gasteiger partial charge in [-0.25, -0.2) is 0 Å². The zero-order chi connectivity index (χ0) is 17.7. The number of benzene rings is 2. The van der Waals surface area contributed by atoms with Crippen molar-refractivity contribution in [3.8, 4) is 0 Å². The molecule has 25 heavy (non-hydrogen) atoms. The summed E-state index contributed by atoms with van der Waals surface area (Å²) in [5.74, 6) is 0.690. The van der Waals surface area contributed by atoms with Gasteiger partial charge in [0, 0.05) is 5.69 Å². The Kier molecular flexibility index (Phi) is 5.83. The van der Waals surface area contributed by atoms with Gasteiger partial charge in [0.2, 0.25) is 0 Å². The van der Waals surface area contributed by atoms with Gasteiger partial charge in [0.1, 0.15) is 0 Å². The third-order valence-electron chi connectivity index (χ3n) is 6.25. The van der Waals surface area contributed by atoms with E-state index in [2.05, 4.69) is 62.4 Å². The van der Waals surface area contributed by atoms with E-state index in [1.165, 1.54) is 50.5 Å². The Morgan fingerprint density at radius 3 is 2.48 bits per heavy atom. The van der Waals surface area contributed by atoms with Crippen molar-refractivity contribution < 1.29 is 0 Å². The lowest BCUT2D eigenvalue weighted by atomic mass is 9.58. The molecule has 1 aliphatic rings. The summed E-state index contributed by atoms with van der Waals surface area (Å²) in [6.45, 7) is 4.64. The largest absolute Gasteiger partial charge is 0.399 e. The highest BCUT2D eigenvalue weighted by atomic mass is 14.5. The van der Waals surface area contributed by atoms with Crippen LogP contribution in [0, 0.1) is 5.41 Å². The second-order valence-electron chi connectivity index (χ2n) is 7.88. The summed E-state index contributed by atoms with van der Waals surface area (Å²) >= 11 is 0. The number of hydrogen-bond acceptors (Lipinski definition) is 1. The van der Waals surface area contributed by atoms with Gasteiger partial charge in [-0.1, -0.05) is 69.5 Å². The van der Waals surface area contributed by atoms with E-state index >= 15 is 0 Å². The topological polar surface area (TPSA) is 26.0 Å². The molecule has 0 aliphatic heterocycles. The summed E-state index contributed by atoms with van der Waals surface area (Å²) in [5, 5.41) is 0. The van der Waals surface area contributed by atoms with Gasteiger partial charge in [-0.3, -0.25) is 0 Å². The fourth-order valence-corrected chi connectivity index (χ4v) is 5.13. The Bertz CT molecular complexity index is 669. The summed E-state index contributed by atoms with van der Waals surface area (Å²) in [6, 6.07) is 17.8. The average molecular weight is 336 g/mol. The predicted molar refractivity (Wildman–Crippen MR) is 109 cm³/mol. The summed E-state index contributed by atoms with van der Waals surface area (Å²) in [5.41, 5.74) is 11.8. The summed E-state index contributed by atoms with van der Waals surface area (Å²) < 4.78 is 0. The molecule has 2 aromatic carbocycles. The molecule has 1 nitrogen and oxygen atoms in total. The van der Waals surface area contributed by atoms with E-state index in [0.717, 1.165) is 12.1 Å². The molecule has 1 heteroatoms. The lowest BCUT2D eigenvalue weighted by Crippen LogP contribution is -2.35. The Balaban J connectivity index is 1.99. The van der Waals surface area contributed by atoms with Crippen LogP contribution >= 0.6 is 0 Å². The normalized spacial score (nSPS) is 23.5. The maximum atomic E-state index is 5.91. The van der Waals surface area contributed by atoms with Crippen molar-refractivity contribution in [2.45, 2.75) is 71.1 Å². The Morgan fingerprint density at radius 1 is 1.00 bits per heavy atom. The van der Waals surface area contributed by atoms with E-state index < -0.39 is 0 Å². The maximum absolute atomic E-state index is 5.91. The fraction of sp³-hybridized carbons (Fsp3) is 0.500. The number of aryl methyl sites for hydroxylation is 1. The molecule has 0 heterocycles. The smallest absolute Gasteiger partial charge is 0.0314 e. The first-order valence-electron chi connectivity index (χ1n) is 10.1. The number of anilines is 1. The van der Waals surface area contributed by atoms with E-state index in [9.17, 15) is 0 Å². The van der Waals surface area contributed by atoms with Gasteiger partial charge in [0.05, 0.1) is 0 Å². The second-order valence-corrected chi connectivity index (χ2v) is 7.88. The third-order valence-corrected chi connectivity index (χ3v) is 6.25. The summed E-state index contributed by atoms with van der Waals surface area (Å²) in [6.07, 6.45) is 10.3. The van der Waals surface area contributed by atoms with Crippen LogP contribution in [0.1, 0.15) is 75.0 Å². The minimum atomic E-state index is 0.397. The molecule has 0 spiro atoms. The number of hydrogen-bond donors (Lipinski definition) is 1. The number of nitrogens with two attached hydrogens (primary N) is 1. The van der Waals surface area contributed by atoms with E-state index in [1.807, 2.05) is 0 Å². The van der Waals surface area contributed by atoms with Crippen LogP contribution in [0.25, 0.3) is 0 Å². The lowest BCUT2D eigenvalue weighted by Gasteiger charge is -2.46. The van der Waals surface area contributed by atoms with Gasteiger partial charge in [-0.2, -0.15) is 0 Å². The zero-order valence-electron chi connectivity index (χ0n) is 15.9. The average Bonchev–Trinajstić information content (AvgIpc) is 2.64. The minimum Gasteiger partial charge on any atom is -0.399 e. The molecule has 134 valence electrons. The van der Waals surface area contributed by atoms with E-state index in [-0.39, 0.29) is 0 Å². The molecule has 1 aliphatic carbocycles. The Labute approximate surface area is 153 Å². The molecule has 2 unspecified atom stereocenters. The molecule has 0 aromatic heterocycles. The van der Waals surface area contributed by atoms with E-state index in [0.29, 0.717) is 11.3 Å². The van der Waals surface area contributed by atoms with Crippen LogP contribution in [0.3, 0.4) is 0 Å². The first kappa shape index (κ1) is 18.0. The quantitative estimate of drug-likeness (QED) is 0.598. The van der Waals surface area contributed by atoms with Gasteiger partial charge in [-0.15, -0.1) is 0 Å². The molecule has 1 saturated carbocycles. The second kappa shape index (κ2) is 8.08. The van der Waals surface area contributed by atoms with E-state index in [4.69, 9.17) is 5.73 Å². The van der Waals surface area contributed by atoms with Crippen LogP contribution in [0.4, 0.5) is 5.69 Å². The molecule has 3 rings (SSSR count). The van der Waals surface area contributed by atoms with Crippen molar-refractivity contribution in [2.75, 3.05) is 5.73 Å². The van der Waals surface area contributed by atoms with Crippen LogP contribution in [0.2, 0.25) is 0 Å². The molecule has 2 N–H and O–H groups in total. The molecular formula is C24H33N. The number of rotatable bonds is 6. The summed E-state index contributed by atoms with van der Waals surface area (Å²) in [7, 11) is 0. The Hall–Kier alpha value is -1.76. The molecule has 2 aromatic rings. The van der Waals surface area contributed by atoms with Crippen molar-refractivity contribution in [1.29, 1.82) is 0 Å².